The molecule has 0 fully saturated rings. The van der Waals surface area contributed by atoms with Crippen LogP contribution in [0.5, 0.6) is 0 Å². The minimum absolute atomic E-state index is 0.0185. The van der Waals surface area contributed by atoms with Crippen molar-refractivity contribution in [2.24, 2.45) is 0 Å². The normalized spacial score (nSPS) is 9.57. The van der Waals surface area contributed by atoms with Gasteiger partial charge >= 0.3 is 0 Å². The zero-order valence-corrected chi connectivity index (χ0v) is 8.21. The number of carbonyl (C=O) groups excluding carboxylic acids is 2. The monoisotopic (exact) mass is 204 g/mol. The molecular formula is C8H16N2O4. The molecule has 6 heteroatoms. The highest BCUT2D eigenvalue weighted by Crippen LogP contribution is 1.72. The molecule has 3 N–H and O–H groups in total. The molecule has 0 saturated heterocycles. The average Bonchev–Trinajstić information content (AvgIpc) is 2.14. The van der Waals surface area contributed by atoms with Crippen molar-refractivity contribution in [1.82, 2.24) is 10.6 Å². The molecule has 0 aromatic heterocycles. The van der Waals surface area contributed by atoms with Crippen LogP contribution < -0.4 is 10.6 Å². The van der Waals surface area contributed by atoms with Crippen molar-refractivity contribution in [2.45, 2.75) is 6.92 Å². The lowest BCUT2D eigenvalue weighted by atomic mass is 10.5. The molecule has 0 radical (unpaired) electrons. The molecule has 0 bridgehead atoms. The maximum Gasteiger partial charge on any atom is 0.239 e. The van der Waals surface area contributed by atoms with Crippen molar-refractivity contribution < 1.29 is 19.4 Å². The van der Waals surface area contributed by atoms with Crippen LogP contribution in [0.4, 0.5) is 0 Å². The fourth-order valence-electron chi connectivity index (χ4n) is 0.696. The Bertz CT molecular complexity index is 184. The van der Waals surface area contributed by atoms with Crippen LogP contribution in [0.25, 0.3) is 0 Å². The fraction of sp³-hybridized carbons (Fsp3) is 0.750. The second kappa shape index (κ2) is 8.46. The molecule has 82 valence electrons. The summed E-state index contributed by atoms with van der Waals surface area (Å²) in [7, 11) is 0. The summed E-state index contributed by atoms with van der Waals surface area (Å²) >= 11 is 0. The van der Waals surface area contributed by atoms with Gasteiger partial charge in [-0.15, -0.1) is 0 Å². The van der Waals surface area contributed by atoms with Crippen molar-refractivity contribution in [2.75, 3.05) is 32.9 Å². The van der Waals surface area contributed by atoms with Crippen molar-refractivity contribution in [1.29, 1.82) is 0 Å². The number of aliphatic hydroxyl groups is 1. The molecule has 0 saturated carbocycles. The molecule has 0 spiro atoms. The molecule has 0 unspecified atom stereocenters. The van der Waals surface area contributed by atoms with Gasteiger partial charge in [0.15, 0.2) is 0 Å². The topological polar surface area (TPSA) is 87.7 Å². The fourth-order valence-corrected chi connectivity index (χ4v) is 0.696. The average molecular weight is 204 g/mol. The quantitative estimate of drug-likeness (QED) is 0.429. The van der Waals surface area contributed by atoms with Crippen LogP contribution in [-0.2, 0) is 14.3 Å². The largest absolute Gasteiger partial charge is 0.394 e. The van der Waals surface area contributed by atoms with Gasteiger partial charge in [0, 0.05) is 13.5 Å². The summed E-state index contributed by atoms with van der Waals surface area (Å²) in [6.07, 6.45) is 0. The Hall–Kier alpha value is -1.14. The third-order valence-electron chi connectivity index (χ3n) is 1.30. The highest BCUT2D eigenvalue weighted by Gasteiger charge is 2.00. The van der Waals surface area contributed by atoms with Crippen LogP contribution in [0.1, 0.15) is 6.92 Å². The summed E-state index contributed by atoms with van der Waals surface area (Å²) < 4.78 is 4.91. The Labute approximate surface area is 82.6 Å². The lowest BCUT2D eigenvalue weighted by molar-refractivity contribution is -0.125. The number of hydrogen-bond donors (Lipinski definition) is 3. The summed E-state index contributed by atoms with van der Waals surface area (Å²) in [5.74, 6) is -0.496. The van der Waals surface area contributed by atoms with Gasteiger partial charge in [-0.2, -0.15) is 0 Å². The summed E-state index contributed by atoms with van der Waals surface area (Å²) in [6, 6.07) is 0. The minimum atomic E-state index is -0.257. The Morgan fingerprint density at radius 2 is 2.00 bits per heavy atom. The third kappa shape index (κ3) is 8.95. The van der Waals surface area contributed by atoms with E-state index in [1.54, 1.807) is 0 Å². The zero-order chi connectivity index (χ0) is 10.8. The first-order valence-corrected chi connectivity index (χ1v) is 4.36. The van der Waals surface area contributed by atoms with E-state index in [-0.39, 0.29) is 31.6 Å². The highest BCUT2D eigenvalue weighted by molar-refractivity contribution is 5.83. The van der Waals surface area contributed by atoms with E-state index in [9.17, 15) is 9.59 Å². The molecule has 0 rings (SSSR count). The van der Waals surface area contributed by atoms with Crippen molar-refractivity contribution >= 4 is 11.8 Å². The van der Waals surface area contributed by atoms with Crippen LogP contribution in [-0.4, -0.2) is 49.8 Å². The van der Waals surface area contributed by atoms with E-state index in [2.05, 4.69) is 10.6 Å². The Balaban J connectivity index is 3.22. The van der Waals surface area contributed by atoms with Gasteiger partial charge in [-0.3, -0.25) is 9.59 Å². The van der Waals surface area contributed by atoms with Crippen LogP contribution in [0, 0.1) is 0 Å². The van der Waals surface area contributed by atoms with Gasteiger partial charge in [0.1, 0.15) is 0 Å². The van der Waals surface area contributed by atoms with Crippen LogP contribution in [0.15, 0.2) is 0 Å². The number of amides is 2. The number of nitrogens with one attached hydrogen (secondary N) is 2. The first-order chi connectivity index (χ1) is 6.66. The maximum atomic E-state index is 10.9. The molecule has 0 atom stereocenters. The van der Waals surface area contributed by atoms with Gasteiger partial charge in [-0.1, -0.05) is 0 Å². The lowest BCUT2D eigenvalue weighted by Crippen LogP contribution is -2.37. The van der Waals surface area contributed by atoms with E-state index < -0.39 is 0 Å². The van der Waals surface area contributed by atoms with Crippen molar-refractivity contribution in [3.05, 3.63) is 0 Å². The van der Waals surface area contributed by atoms with Gasteiger partial charge in [-0.05, 0) is 0 Å². The zero-order valence-electron chi connectivity index (χ0n) is 8.21. The number of carbonyl (C=O) groups is 2. The molecular weight excluding hydrogens is 188 g/mol. The smallest absolute Gasteiger partial charge is 0.239 e. The SMILES string of the molecule is CC(=O)NCC(=O)NCCOCCO. The van der Waals surface area contributed by atoms with E-state index in [4.69, 9.17) is 9.84 Å². The molecule has 0 aliphatic heterocycles. The van der Waals surface area contributed by atoms with Crippen LogP contribution in [0.2, 0.25) is 0 Å². The van der Waals surface area contributed by atoms with E-state index in [0.717, 1.165) is 0 Å². The first-order valence-electron chi connectivity index (χ1n) is 4.36. The summed E-state index contributed by atoms with van der Waals surface area (Å²) in [5, 5.41) is 13.3. The summed E-state index contributed by atoms with van der Waals surface area (Å²) in [6.45, 7) is 2.29. The lowest BCUT2D eigenvalue weighted by Gasteiger charge is -2.05. The standard InChI is InChI=1S/C8H16N2O4/c1-7(12)10-6-8(13)9-2-4-14-5-3-11/h11H,2-6H2,1H3,(H,9,13)(H,10,12). The predicted molar refractivity (Wildman–Crippen MR) is 49.6 cm³/mol. The predicted octanol–water partition coefficient (Wildman–Crippen LogP) is -1.75. The second-order valence-corrected chi connectivity index (χ2v) is 2.60. The van der Waals surface area contributed by atoms with Gasteiger partial charge < -0.3 is 20.5 Å². The van der Waals surface area contributed by atoms with Gasteiger partial charge in [0.25, 0.3) is 0 Å². The van der Waals surface area contributed by atoms with Gasteiger partial charge in [-0.25, -0.2) is 0 Å². The summed E-state index contributed by atoms with van der Waals surface area (Å²) in [5.41, 5.74) is 0. The minimum Gasteiger partial charge on any atom is -0.394 e. The molecule has 0 aromatic carbocycles. The molecule has 14 heavy (non-hydrogen) atoms. The van der Waals surface area contributed by atoms with E-state index in [0.29, 0.717) is 13.2 Å². The van der Waals surface area contributed by atoms with Crippen molar-refractivity contribution in [3.63, 3.8) is 0 Å². The number of rotatable bonds is 7. The van der Waals surface area contributed by atoms with Crippen molar-refractivity contribution in [3.8, 4) is 0 Å². The molecule has 2 amide bonds. The maximum absolute atomic E-state index is 10.9. The van der Waals surface area contributed by atoms with E-state index in [1.807, 2.05) is 0 Å². The Kier molecular flexibility index (Phi) is 7.77. The van der Waals surface area contributed by atoms with E-state index in [1.165, 1.54) is 6.92 Å². The van der Waals surface area contributed by atoms with Gasteiger partial charge in [0.2, 0.25) is 11.8 Å². The number of hydrogen-bond acceptors (Lipinski definition) is 4. The Morgan fingerprint density at radius 3 is 2.57 bits per heavy atom. The highest BCUT2D eigenvalue weighted by atomic mass is 16.5. The number of aliphatic hydroxyl groups excluding tert-OH is 1. The molecule has 0 aliphatic carbocycles. The summed E-state index contributed by atoms with van der Waals surface area (Å²) in [4.78, 5) is 21.4. The molecule has 0 aromatic rings. The first kappa shape index (κ1) is 12.9. The third-order valence-corrected chi connectivity index (χ3v) is 1.30. The van der Waals surface area contributed by atoms with Crippen LogP contribution >= 0.6 is 0 Å². The van der Waals surface area contributed by atoms with Crippen LogP contribution in [0.3, 0.4) is 0 Å². The molecule has 0 heterocycles. The Morgan fingerprint density at radius 1 is 1.29 bits per heavy atom. The second-order valence-electron chi connectivity index (χ2n) is 2.60. The molecule has 0 aliphatic rings. The van der Waals surface area contributed by atoms with Gasteiger partial charge in [0.05, 0.1) is 26.4 Å². The molecule has 6 nitrogen and oxygen atoms in total. The number of ether oxygens (including phenoxy) is 1. The van der Waals surface area contributed by atoms with E-state index >= 15 is 0 Å².